The van der Waals surface area contributed by atoms with Crippen LogP contribution in [0.1, 0.15) is 12.5 Å². The second kappa shape index (κ2) is 5.92. The number of esters is 1. The maximum atomic E-state index is 11.1. The van der Waals surface area contributed by atoms with E-state index in [4.69, 9.17) is 9.84 Å². The molecule has 0 unspecified atom stereocenters. The largest absolute Gasteiger partial charge is 0.475 e. The predicted molar refractivity (Wildman–Crippen MR) is 53.0 cm³/mol. The highest BCUT2D eigenvalue weighted by atomic mass is 16.6. The summed E-state index contributed by atoms with van der Waals surface area (Å²) in [6.07, 6.45) is 1.12. The van der Waals surface area contributed by atoms with Gasteiger partial charge >= 0.3 is 11.6 Å². The maximum absolute atomic E-state index is 11.1. The van der Waals surface area contributed by atoms with Crippen LogP contribution < -0.4 is 10.4 Å². The summed E-state index contributed by atoms with van der Waals surface area (Å²) >= 11 is 0. The second-order valence-electron chi connectivity index (χ2n) is 2.86. The zero-order chi connectivity index (χ0) is 12.0. The third-order valence-electron chi connectivity index (χ3n) is 1.67. The molecule has 0 aliphatic rings. The van der Waals surface area contributed by atoms with Crippen LogP contribution in [0.4, 0.5) is 0 Å². The third-order valence-corrected chi connectivity index (χ3v) is 1.67. The second-order valence-corrected chi connectivity index (χ2v) is 2.86. The van der Waals surface area contributed by atoms with E-state index in [-0.39, 0.29) is 25.6 Å². The van der Waals surface area contributed by atoms with E-state index in [0.29, 0.717) is 5.56 Å². The molecular formula is C10H12O6. The fourth-order valence-corrected chi connectivity index (χ4v) is 0.971. The zero-order valence-corrected chi connectivity index (χ0v) is 8.76. The normalized spacial score (nSPS) is 9.88. The summed E-state index contributed by atoms with van der Waals surface area (Å²) in [5.74, 6) is -0.698. The van der Waals surface area contributed by atoms with Gasteiger partial charge < -0.3 is 19.0 Å². The minimum Gasteiger partial charge on any atom is -0.475 e. The van der Waals surface area contributed by atoms with Crippen molar-refractivity contribution in [2.24, 2.45) is 0 Å². The molecule has 1 aromatic heterocycles. The summed E-state index contributed by atoms with van der Waals surface area (Å²) in [5.41, 5.74) is -0.319. The highest BCUT2D eigenvalue weighted by Gasteiger charge is 2.08. The van der Waals surface area contributed by atoms with E-state index >= 15 is 0 Å². The molecule has 0 atom stereocenters. The van der Waals surface area contributed by atoms with Crippen molar-refractivity contribution < 1.29 is 23.8 Å². The van der Waals surface area contributed by atoms with Crippen molar-refractivity contribution in [1.82, 2.24) is 0 Å². The van der Waals surface area contributed by atoms with Crippen LogP contribution in [-0.4, -0.2) is 24.3 Å². The molecule has 0 amide bonds. The molecule has 0 aromatic carbocycles. The van der Waals surface area contributed by atoms with Gasteiger partial charge in [0.05, 0.1) is 13.2 Å². The molecule has 1 N–H and O–H groups in total. The van der Waals surface area contributed by atoms with Gasteiger partial charge in [0.1, 0.15) is 6.26 Å². The lowest BCUT2D eigenvalue weighted by molar-refractivity contribution is -0.145. The van der Waals surface area contributed by atoms with Gasteiger partial charge in [-0.1, -0.05) is 0 Å². The molecule has 1 heterocycles. The number of ether oxygens (including phenoxy) is 2. The Morgan fingerprint density at radius 1 is 1.56 bits per heavy atom. The van der Waals surface area contributed by atoms with E-state index in [0.717, 1.165) is 6.26 Å². The van der Waals surface area contributed by atoms with Gasteiger partial charge in [-0.3, -0.25) is 0 Å². The van der Waals surface area contributed by atoms with Crippen LogP contribution in [0.5, 0.6) is 5.75 Å². The first-order valence-electron chi connectivity index (χ1n) is 4.68. The van der Waals surface area contributed by atoms with E-state index in [1.165, 1.54) is 6.07 Å². The molecule has 0 aliphatic carbocycles. The summed E-state index contributed by atoms with van der Waals surface area (Å²) in [6, 6.07) is 1.31. The molecule has 1 rings (SSSR count). The first kappa shape index (κ1) is 12.3. The van der Waals surface area contributed by atoms with Crippen LogP contribution in [-0.2, 0) is 16.1 Å². The molecule has 6 heteroatoms. The monoisotopic (exact) mass is 228 g/mol. The lowest BCUT2D eigenvalue weighted by Gasteiger charge is -2.04. The maximum Gasteiger partial charge on any atom is 0.378 e. The van der Waals surface area contributed by atoms with E-state index in [2.05, 4.69) is 9.15 Å². The van der Waals surface area contributed by atoms with Crippen molar-refractivity contribution in [3.63, 3.8) is 0 Å². The van der Waals surface area contributed by atoms with Crippen molar-refractivity contribution in [2.75, 3.05) is 13.2 Å². The van der Waals surface area contributed by atoms with E-state index in [1.807, 2.05) is 0 Å². The van der Waals surface area contributed by atoms with E-state index in [1.54, 1.807) is 6.92 Å². The van der Waals surface area contributed by atoms with Gasteiger partial charge in [-0.25, -0.2) is 9.59 Å². The molecule has 6 nitrogen and oxygen atoms in total. The molecule has 0 bridgehead atoms. The van der Waals surface area contributed by atoms with E-state index in [9.17, 15) is 9.59 Å². The van der Waals surface area contributed by atoms with Gasteiger partial charge in [0.2, 0.25) is 5.75 Å². The fourth-order valence-electron chi connectivity index (χ4n) is 0.971. The molecule has 16 heavy (non-hydrogen) atoms. The molecule has 0 fully saturated rings. The Labute approximate surface area is 91.4 Å². The van der Waals surface area contributed by atoms with Crippen LogP contribution in [0.15, 0.2) is 21.5 Å². The third kappa shape index (κ3) is 3.39. The Balaban J connectivity index is 2.66. The van der Waals surface area contributed by atoms with Crippen LogP contribution in [0, 0.1) is 0 Å². The minimum atomic E-state index is -0.707. The molecule has 0 saturated heterocycles. The van der Waals surface area contributed by atoms with Gasteiger partial charge in [-0.05, 0) is 13.0 Å². The Bertz CT molecular complexity index is 408. The topological polar surface area (TPSA) is 86.0 Å². The van der Waals surface area contributed by atoms with Crippen molar-refractivity contribution >= 4 is 5.97 Å². The first-order valence-corrected chi connectivity index (χ1v) is 4.68. The SMILES string of the molecule is CCOC(=O)COc1cc(CO)coc1=O. The number of rotatable bonds is 5. The Morgan fingerprint density at radius 3 is 2.94 bits per heavy atom. The summed E-state index contributed by atoms with van der Waals surface area (Å²) in [4.78, 5) is 22.1. The summed E-state index contributed by atoms with van der Waals surface area (Å²) in [7, 11) is 0. The standard InChI is InChI=1S/C10H12O6/c1-2-14-9(12)6-15-8-3-7(4-11)5-16-10(8)13/h3,5,11H,2,4,6H2,1H3. The molecule has 0 spiro atoms. The number of hydrogen-bond donors (Lipinski definition) is 1. The predicted octanol–water partition coefficient (Wildman–Crippen LogP) is 0.0740. The highest BCUT2D eigenvalue weighted by molar-refractivity contribution is 5.71. The van der Waals surface area contributed by atoms with Crippen molar-refractivity contribution in [3.05, 3.63) is 28.3 Å². The molecule has 0 radical (unpaired) electrons. The number of carbonyl (C=O) groups is 1. The molecule has 0 saturated carbocycles. The van der Waals surface area contributed by atoms with Crippen molar-refractivity contribution in [1.29, 1.82) is 0 Å². The Morgan fingerprint density at radius 2 is 2.31 bits per heavy atom. The lowest BCUT2D eigenvalue weighted by atomic mass is 10.3. The average Bonchev–Trinajstić information content (AvgIpc) is 2.28. The van der Waals surface area contributed by atoms with Crippen LogP contribution in [0.2, 0.25) is 0 Å². The molecular weight excluding hydrogens is 216 g/mol. The molecule has 1 aromatic rings. The van der Waals surface area contributed by atoms with Crippen LogP contribution >= 0.6 is 0 Å². The number of aliphatic hydroxyl groups excluding tert-OH is 1. The lowest BCUT2D eigenvalue weighted by Crippen LogP contribution is -2.17. The highest BCUT2D eigenvalue weighted by Crippen LogP contribution is 2.07. The van der Waals surface area contributed by atoms with Gasteiger partial charge in [0.25, 0.3) is 0 Å². The molecule has 0 aliphatic heterocycles. The van der Waals surface area contributed by atoms with Gasteiger partial charge in [-0.2, -0.15) is 0 Å². The van der Waals surface area contributed by atoms with Crippen molar-refractivity contribution in [2.45, 2.75) is 13.5 Å². The van der Waals surface area contributed by atoms with Crippen LogP contribution in [0.25, 0.3) is 0 Å². The number of hydrogen-bond acceptors (Lipinski definition) is 6. The fraction of sp³-hybridized carbons (Fsp3) is 0.400. The quantitative estimate of drug-likeness (QED) is 0.718. The summed E-state index contributed by atoms with van der Waals surface area (Å²) in [5, 5.41) is 8.81. The average molecular weight is 228 g/mol. The van der Waals surface area contributed by atoms with Crippen LogP contribution in [0.3, 0.4) is 0 Å². The summed E-state index contributed by atoms with van der Waals surface area (Å²) in [6.45, 7) is 1.26. The van der Waals surface area contributed by atoms with Gasteiger partial charge in [0, 0.05) is 5.56 Å². The minimum absolute atomic E-state index is 0.125. The number of carbonyl (C=O) groups excluding carboxylic acids is 1. The Kier molecular flexibility index (Phi) is 4.53. The first-order chi connectivity index (χ1) is 7.67. The summed E-state index contributed by atoms with van der Waals surface area (Å²) < 4.78 is 14.1. The molecule has 88 valence electrons. The number of aliphatic hydroxyl groups is 1. The van der Waals surface area contributed by atoms with E-state index < -0.39 is 11.6 Å². The van der Waals surface area contributed by atoms with Crippen molar-refractivity contribution in [3.8, 4) is 5.75 Å². The Hall–Kier alpha value is -1.82. The zero-order valence-electron chi connectivity index (χ0n) is 8.76. The van der Waals surface area contributed by atoms with Gasteiger partial charge in [-0.15, -0.1) is 0 Å². The van der Waals surface area contributed by atoms with Gasteiger partial charge in [0.15, 0.2) is 6.61 Å². The smallest absolute Gasteiger partial charge is 0.378 e.